The van der Waals surface area contributed by atoms with Gasteiger partial charge in [-0.3, -0.25) is 0 Å². The van der Waals surface area contributed by atoms with E-state index in [2.05, 4.69) is 108 Å². The van der Waals surface area contributed by atoms with E-state index in [1.54, 1.807) is 0 Å². The molecule has 0 saturated carbocycles. The molecule has 0 radical (unpaired) electrons. The molecule has 0 bridgehead atoms. The lowest BCUT2D eigenvalue weighted by Gasteiger charge is -2.08. The van der Waals surface area contributed by atoms with Gasteiger partial charge in [0.2, 0.25) is 0 Å². The number of benzene rings is 6. The predicted molar refractivity (Wildman–Crippen MR) is 151 cm³/mol. The summed E-state index contributed by atoms with van der Waals surface area (Å²) in [7, 11) is 0. The monoisotopic (exact) mass is 459 g/mol. The van der Waals surface area contributed by atoms with Gasteiger partial charge in [-0.2, -0.15) is 0 Å². The second kappa shape index (κ2) is 7.34. The first-order chi connectivity index (χ1) is 17.8. The van der Waals surface area contributed by atoms with Crippen molar-refractivity contribution in [2.75, 3.05) is 0 Å². The molecule has 0 saturated heterocycles. The summed E-state index contributed by atoms with van der Waals surface area (Å²) in [5, 5.41) is 7.43. The van der Waals surface area contributed by atoms with Gasteiger partial charge in [0.25, 0.3) is 0 Å². The normalized spacial score (nSPS) is 11.9. The van der Waals surface area contributed by atoms with Crippen LogP contribution in [0.4, 0.5) is 0 Å². The first-order valence-electron chi connectivity index (χ1n) is 12.3. The van der Waals surface area contributed by atoms with Crippen molar-refractivity contribution in [1.29, 1.82) is 0 Å². The molecule has 8 rings (SSSR count). The SMILES string of the molecule is c1ccc2c(c1)ccc1[nH]c3c(-c4ccc(-c5cccc6oc7ccccc7c56)cc4)cccc3c12. The van der Waals surface area contributed by atoms with E-state index in [0.29, 0.717) is 0 Å². The third-order valence-electron chi connectivity index (χ3n) is 7.43. The molecule has 0 amide bonds. The molecule has 0 unspecified atom stereocenters. The van der Waals surface area contributed by atoms with Gasteiger partial charge in [0, 0.05) is 32.6 Å². The summed E-state index contributed by atoms with van der Waals surface area (Å²) in [4.78, 5) is 3.71. The van der Waals surface area contributed by atoms with Crippen LogP contribution in [0.1, 0.15) is 0 Å². The highest BCUT2D eigenvalue weighted by Gasteiger charge is 2.14. The second-order valence-electron chi connectivity index (χ2n) is 9.42. The number of hydrogen-bond acceptors (Lipinski definition) is 1. The summed E-state index contributed by atoms with van der Waals surface area (Å²) in [6.45, 7) is 0. The molecule has 36 heavy (non-hydrogen) atoms. The summed E-state index contributed by atoms with van der Waals surface area (Å²) in [6, 6.07) is 43.1. The molecule has 6 aromatic carbocycles. The van der Waals surface area contributed by atoms with Gasteiger partial charge in [0.1, 0.15) is 11.2 Å². The Labute approximate surface area is 207 Å². The van der Waals surface area contributed by atoms with E-state index < -0.39 is 0 Å². The molecule has 2 heteroatoms. The van der Waals surface area contributed by atoms with Crippen molar-refractivity contribution in [1.82, 2.24) is 4.98 Å². The zero-order valence-electron chi connectivity index (χ0n) is 19.5. The highest BCUT2D eigenvalue weighted by atomic mass is 16.3. The van der Waals surface area contributed by atoms with Crippen LogP contribution in [0.2, 0.25) is 0 Å². The molecule has 8 aromatic rings. The molecule has 168 valence electrons. The Bertz CT molecular complexity index is 2090. The number of hydrogen-bond donors (Lipinski definition) is 1. The molecule has 0 atom stereocenters. The van der Waals surface area contributed by atoms with Crippen molar-refractivity contribution in [2.24, 2.45) is 0 Å². The minimum atomic E-state index is 0.924. The molecule has 0 aliphatic carbocycles. The second-order valence-corrected chi connectivity index (χ2v) is 9.42. The van der Waals surface area contributed by atoms with E-state index in [1.807, 2.05) is 18.2 Å². The van der Waals surface area contributed by atoms with Gasteiger partial charge < -0.3 is 9.40 Å². The summed E-state index contributed by atoms with van der Waals surface area (Å²) >= 11 is 0. The van der Waals surface area contributed by atoms with Crippen LogP contribution in [-0.2, 0) is 0 Å². The van der Waals surface area contributed by atoms with Crippen molar-refractivity contribution in [2.45, 2.75) is 0 Å². The molecular weight excluding hydrogens is 438 g/mol. The van der Waals surface area contributed by atoms with E-state index in [-0.39, 0.29) is 0 Å². The Balaban J connectivity index is 1.30. The smallest absolute Gasteiger partial charge is 0.136 e. The zero-order valence-corrected chi connectivity index (χ0v) is 19.5. The summed E-state index contributed by atoms with van der Waals surface area (Å²) < 4.78 is 6.11. The molecule has 1 N–H and O–H groups in total. The van der Waals surface area contributed by atoms with Crippen LogP contribution in [0.25, 0.3) is 76.8 Å². The summed E-state index contributed by atoms with van der Waals surface area (Å²) in [5.74, 6) is 0. The highest BCUT2D eigenvalue weighted by Crippen LogP contribution is 2.39. The Kier molecular flexibility index (Phi) is 3.97. The van der Waals surface area contributed by atoms with Crippen LogP contribution in [-0.4, -0.2) is 4.98 Å². The summed E-state index contributed by atoms with van der Waals surface area (Å²) in [5.41, 5.74) is 8.99. The maximum Gasteiger partial charge on any atom is 0.136 e. The number of aromatic amines is 1. The van der Waals surface area contributed by atoms with Crippen LogP contribution in [0.5, 0.6) is 0 Å². The summed E-state index contributed by atoms with van der Waals surface area (Å²) in [6.07, 6.45) is 0. The molecule has 0 aliphatic rings. The lowest BCUT2D eigenvalue weighted by Crippen LogP contribution is -1.83. The van der Waals surface area contributed by atoms with E-state index in [9.17, 15) is 0 Å². The molecule has 2 heterocycles. The Morgan fingerprint density at radius 2 is 1.11 bits per heavy atom. The van der Waals surface area contributed by atoms with Crippen molar-refractivity contribution in [3.8, 4) is 22.3 Å². The molecule has 2 aromatic heterocycles. The number of aromatic nitrogens is 1. The number of H-pyrrole nitrogens is 1. The van der Waals surface area contributed by atoms with Crippen molar-refractivity contribution >= 4 is 54.5 Å². The minimum absolute atomic E-state index is 0.924. The van der Waals surface area contributed by atoms with Crippen LogP contribution in [0.3, 0.4) is 0 Å². The van der Waals surface area contributed by atoms with Gasteiger partial charge in [-0.25, -0.2) is 0 Å². The van der Waals surface area contributed by atoms with Crippen LogP contribution in [0.15, 0.2) is 126 Å². The van der Waals surface area contributed by atoms with Crippen molar-refractivity contribution in [3.05, 3.63) is 121 Å². The minimum Gasteiger partial charge on any atom is -0.456 e. The van der Waals surface area contributed by atoms with Crippen LogP contribution < -0.4 is 0 Å². The van der Waals surface area contributed by atoms with E-state index in [1.165, 1.54) is 60.2 Å². The maximum absolute atomic E-state index is 6.11. The van der Waals surface area contributed by atoms with E-state index in [0.717, 1.165) is 16.6 Å². The molecule has 2 nitrogen and oxygen atoms in total. The fourth-order valence-corrected chi connectivity index (χ4v) is 5.78. The Hall–Kier alpha value is -4.82. The maximum atomic E-state index is 6.11. The zero-order chi connectivity index (χ0) is 23.6. The van der Waals surface area contributed by atoms with E-state index >= 15 is 0 Å². The quantitative estimate of drug-likeness (QED) is 0.274. The lowest BCUT2D eigenvalue weighted by molar-refractivity contribution is 0.669. The third-order valence-corrected chi connectivity index (χ3v) is 7.43. The van der Waals surface area contributed by atoms with Crippen LogP contribution >= 0.6 is 0 Å². The molecular formula is C34H21NO. The third kappa shape index (κ3) is 2.73. The molecule has 0 aliphatic heterocycles. The van der Waals surface area contributed by atoms with Crippen LogP contribution in [0, 0.1) is 0 Å². The number of nitrogens with one attached hydrogen (secondary N) is 1. The fraction of sp³-hybridized carbons (Fsp3) is 0. The van der Waals surface area contributed by atoms with Crippen molar-refractivity contribution < 1.29 is 4.42 Å². The van der Waals surface area contributed by atoms with Gasteiger partial charge in [-0.15, -0.1) is 0 Å². The average molecular weight is 460 g/mol. The molecule has 0 spiro atoms. The number of rotatable bonds is 2. The number of fused-ring (bicyclic) bond motifs is 8. The molecule has 0 fully saturated rings. The fourth-order valence-electron chi connectivity index (χ4n) is 5.78. The largest absolute Gasteiger partial charge is 0.456 e. The number of para-hydroxylation sites is 2. The van der Waals surface area contributed by atoms with Gasteiger partial charge in [0.05, 0.1) is 5.52 Å². The first-order valence-corrected chi connectivity index (χ1v) is 12.3. The highest BCUT2D eigenvalue weighted by molar-refractivity contribution is 6.22. The van der Waals surface area contributed by atoms with E-state index in [4.69, 9.17) is 4.42 Å². The van der Waals surface area contributed by atoms with Gasteiger partial charge in [-0.05, 0) is 45.7 Å². The topological polar surface area (TPSA) is 28.9 Å². The number of furan rings is 1. The average Bonchev–Trinajstić information content (AvgIpc) is 3.52. The van der Waals surface area contributed by atoms with Crippen molar-refractivity contribution in [3.63, 3.8) is 0 Å². The Morgan fingerprint density at radius 3 is 2.00 bits per heavy atom. The first kappa shape index (κ1) is 19.5. The predicted octanol–water partition coefficient (Wildman–Crippen LogP) is 9.71. The lowest BCUT2D eigenvalue weighted by atomic mass is 9.96. The standard InChI is InChI=1S/C34H21NO/c1-2-8-24-21(7-1)19-20-29-32(24)28-12-5-11-26(34(28)35-29)23-17-15-22(16-18-23)25-10-6-14-31-33(25)27-9-3-4-13-30(27)36-31/h1-20,35H. The van der Waals surface area contributed by atoms with Gasteiger partial charge >= 0.3 is 0 Å². The Morgan fingerprint density at radius 1 is 0.444 bits per heavy atom. The van der Waals surface area contributed by atoms with Gasteiger partial charge in [0.15, 0.2) is 0 Å². The van der Waals surface area contributed by atoms with Gasteiger partial charge in [-0.1, -0.05) is 103 Å².